The Bertz CT molecular complexity index is 731. The third-order valence-electron chi connectivity index (χ3n) is 5.34. The van der Waals surface area contributed by atoms with Crippen LogP contribution in [0.1, 0.15) is 55.4 Å². The molecule has 150 valence electrons. The van der Waals surface area contributed by atoms with Gasteiger partial charge in [0.05, 0.1) is 33.4 Å². The van der Waals surface area contributed by atoms with Gasteiger partial charge >= 0.3 is 7.48 Å². The van der Waals surface area contributed by atoms with Crippen LogP contribution in [0.4, 0.5) is 0 Å². The molecule has 9 heteroatoms. The highest BCUT2D eigenvalue weighted by atomic mass is 32.2. The average molecular weight is 412 g/mol. The number of rotatable bonds is 8. The first kappa shape index (κ1) is 22.6. The molecule has 2 aromatic rings. The van der Waals surface area contributed by atoms with Crippen LogP contribution in [0.25, 0.3) is 11.0 Å². The highest BCUT2D eigenvalue weighted by Gasteiger charge is 2.38. The molecule has 2 rings (SSSR count). The quantitative estimate of drug-likeness (QED) is 0.510. The van der Waals surface area contributed by atoms with Crippen LogP contribution in [-0.4, -0.2) is 48.8 Å². The van der Waals surface area contributed by atoms with Gasteiger partial charge in [-0.3, -0.25) is 0 Å². The average Bonchev–Trinajstić information content (AvgIpc) is 2.99. The zero-order valence-corrected chi connectivity index (χ0v) is 18.9. The smallest absolute Gasteiger partial charge is 0.311 e. The fourth-order valence-electron chi connectivity index (χ4n) is 1.76. The third kappa shape index (κ3) is 5.02. The number of hydrogen-bond acceptors (Lipinski definition) is 8. The van der Waals surface area contributed by atoms with Crippen LogP contribution < -0.4 is 5.46 Å². The maximum atomic E-state index is 10.3. The van der Waals surface area contributed by atoms with Crippen LogP contribution in [0.15, 0.2) is 17.0 Å². The van der Waals surface area contributed by atoms with E-state index in [4.69, 9.17) is 8.84 Å². The van der Waals surface area contributed by atoms with Gasteiger partial charge in [-0.1, -0.05) is 6.07 Å². The number of hydrogen-bond donors (Lipinski definition) is 2. The lowest BCUT2D eigenvalue weighted by Gasteiger charge is -2.37. The van der Waals surface area contributed by atoms with Gasteiger partial charge in [-0.15, -0.1) is 0 Å². The van der Waals surface area contributed by atoms with Crippen LogP contribution >= 0.6 is 23.8 Å². The first-order valence-corrected chi connectivity index (χ1v) is 10.3. The first-order valence-electron chi connectivity index (χ1n) is 8.84. The van der Waals surface area contributed by atoms with Crippen molar-refractivity contribution in [2.45, 2.75) is 82.7 Å². The summed E-state index contributed by atoms with van der Waals surface area (Å²) in [6.07, 6.45) is 0. The standard InChI is InChI=1S/C18H29BN2O4S2/c1-15(2,22)17(5,6)24-19-11-9-10-12(14-13(11)20-27-21-14)26-25-18(7,8)16(3,4)23/h9-10,19,22-23H,1-8H3. The normalized spacial score (nSPS) is 14.0. The van der Waals surface area contributed by atoms with E-state index in [0.29, 0.717) is 7.48 Å². The zero-order valence-electron chi connectivity index (χ0n) is 17.3. The van der Waals surface area contributed by atoms with E-state index in [1.54, 1.807) is 27.7 Å². The van der Waals surface area contributed by atoms with Gasteiger partial charge in [0.2, 0.25) is 0 Å². The molecular weight excluding hydrogens is 383 g/mol. The number of aliphatic hydroxyl groups is 2. The Morgan fingerprint density at radius 1 is 0.889 bits per heavy atom. The summed E-state index contributed by atoms with van der Waals surface area (Å²) < 4.78 is 20.7. The summed E-state index contributed by atoms with van der Waals surface area (Å²) in [7, 11) is 0.319. The molecule has 27 heavy (non-hydrogen) atoms. The molecule has 0 saturated heterocycles. The van der Waals surface area contributed by atoms with E-state index in [1.165, 1.54) is 12.0 Å². The minimum Gasteiger partial charge on any atom is -0.427 e. The van der Waals surface area contributed by atoms with Gasteiger partial charge in [-0.05, 0) is 66.9 Å². The van der Waals surface area contributed by atoms with Gasteiger partial charge in [0, 0.05) is 12.0 Å². The maximum Gasteiger partial charge on any atom is 0.311 e. The van der Waals surface area contributed by atoms with Crippen LogP contribution in [0.5, 0.6) is 0 Å². The maximum absolute atomic E-state index is 10.3. The molecule has 0 bridgehead atoms. The Morgan fingerprint density at radius 3 is 2.00 bits per heavy atom. The Kier molecular flexibility index (Phi) is 6.36. The predicted octanol–water partition coefficient (Wildman–Crippen LogP) is 2.81. The van der Waals surface area contributed by atoms with Gasteiger partial charge < -0.3 is 19.1 Å². The summed E-state index contributed by atoms with van der Waals surface area (Å²) >= 11 is 2.32. The summed E-state index contributed by atoms with van der Waals surface area (Å²) in [4.78, 5) is 0.835. The predicted molar refractivity (Wildman–Crippen MR) is 113 cm³/mol. The van der Waals surface area contributed by atoms with E-state index in [1.807, 2.05) is 39.8 Å². The monoisotopic (exact) mass is 412 g/mol. The van der Waals surface area contributed by atoms with Crippen molar-refractivity contribution in [2.75, 3.05) is 0 Å². The van der Waals surface area contributed by atoms with Crippen molar-refractivity contribution in [2.24, 2.45) is 0 Å². The highest BCUT2D eigenvalue weighted by Crippen LogP contribution is 2.35. The van der Waals surface area contributed by atoms with Crippen LogP contribution in [-0.2, 0) is 8.84 Å². The number of nitrogens with zero attached hydrogens (tertiary/aromatic N) is 2. The molecule has 1 aromatic carbocycles. The Balaban J connectivity index is 2.20. The van der Waals surface area contributed by atoms with Crippen LogP contribution in [0.3, 0.4) is 0 Å². The molecule has 0 saturated carbocycles. The summed E-state index contributed by atoms with van der Waals surface area (Å²) in [5, 5.41) is 20.5. The molecule has 0 spiro atoms. The summed E-state index contributed by atoms with van der Waals surface area (Å²) in [6, 6.07) is 3.86. The number of fused-ring (bicyclic) bond motifs is 1. The molecule has 0 amide bonds. The molecule has 0 radical (unpaired) electrons. The summed E-state index contributed by atoms with van der Waals surface area (Å²) in [5.41, 5.74) is -1.00. The molecule has 0 aliphatic heterocycles. The lowest BCUT2D eigenvalue weighted by atomic mass is 9.82. The van der Waals surface area contributed by atoms with Gasteiger partial charge in [0.1, 0.15) is 16.6 Å². The van der Waals surface area contributed by atoms with E-state index in [9.17, 15) is 10.2 Å². The van der Waals surface area contributed by atoms with Crippen molar-refractivity contribution >= 4 is 47.7 Å². The molecule has 0 unspecified atom stereocenters. The van der Waals surface area contributed by atoms with Gasteiger partial charge in [-0.25, -0.2) is 0 Å². The van der Waals surface area contributed by atoms with Crippen LogP contribution in [0.2, 0.25) is 0 Å². The van der Waals surface area contributed by atoms with Crippen molar-refractivity contribution in [1.82, 2.24) is 8.75 Å². The van der Waals surface area contributed by atoms with Crippen molar-refractivity contribution < 1.29 is 19.1 Å². The Labute approximate surface area is 170 Å². The molecule has 0 fully saturated rings. The number of aromatic nitrogens is 2. The van der Waals surface area contributed by atoms with E-state index in [0.717, 1.165) is 33.1 Å². The van der Waals surface area contributed by atoms with Gasteiger partial charge in [0.15, 0.2) is 0 Å². The molecular formula is C18H29BN2O4S2. The van der Waals surface area contributed by atoms with E-state index in [2.05, 4.69) is 8.75 Å². The number of benzene rings is 1. The first-order chi connectivity index (χ1) is 12.2. The van der Waals surface area contributed by atoms with E-state index in [-0.39, 0.29) is 0 Å². The second-order valence-corrected chi connectivity index (χ2v) is 10.1. The third-order valence-corrected chi connectivity index (χ3v) is 6.87. The molecule has 6 nitrogen and oxygen atoms in total. The lowest BCUT2D eigenvalue weighted by Crippen LogP contribution is -2.49. The zero-order chi connectivity index (χ0) is 20.7. The minimum atomic E-state index is -0.990. The minimum absolute atomic E-state index is 0.319. The highest BCUT2D eigenvalue weighted by molar-refractivity contribution is 7.95. The fraction of sp³-hybridized carbons (Fsp3) is 0.667. The Hall–Kier alpha value is -0.705. The summed E-state index contributed by atoms with van der Waals surface area (Å²) in [5.74, 6) is 0. The molecule has 0 aliphatic rings. The molecule has 0 aliphatic carbocycles. The second-order valence-electron chi connectivity index (χ2n) is 8.78. The van der Waals surface area contributed by atoms with Gasteiger partial charge in [-0.2, -0.15) is 8.75 Å². The van der Waals surface area contributed by atoms with Crippen LogP contribution in [0, 0.1) is 0 Å². The molecule has 0 atom stereocenters. The molecule has 1 heterocycles. The second kappa shape index (κ2) is 7.61. The molecule has 2 N–H and O–H groups in total. The van der Waals surface area contributed by atoms with Crippen molar-refractivity contribution in [3.05, 3.63) is 12.1 Å². The largest absolute Gasteiger partial charge is 0.427 e. The van der Waals surface area contributed by atoms with Crippen molar-refractivity contribution in [1.29, 1.82) is 0 Å². The Morgan fingerprint density at radius 2 is 1.44 bits per heavy atom. The van der Waals surface area contributed by atoms with E-state index < -0.39 is 22.4 Å². The molecule has 1 aromatic heterocycles. The van der Waals surface area contributed by atoms with Crippen molar-refractivity contribution in [3.8, 4) is 0 Å². The topological polar surface area (TPSA) is 84.7 Å². The lowest BCUT2D eigenvalue weighted by molar-refractivity contribution is -0.0893. The van der Waals surface area contributed by atoms with Crippen molar-refractivity contribution in [3.63, 3.8) is 0 Å². The fourth-order valence-corrected chi connectivity index (χ4v) is 3.26. The summed E-state index contributed by atoms with van der Waals surface area (Å²) in [6.45, 7) is 14.3. The van der Waals surface area contributed by atoms with Gasteiger partial charge in [0.25, 0.3) is 0 Å². The SMILES string of the molecule is CC(C)(O)C(C)(C)OBc1ccc(SOC(C)(C)C(C)(C)O)c2nsnc12. The van der Waals surface area contributed by atoms with E-state index >= 15 is 0 Å².